The van der Waals surface area contributed by atoms with Crippen LogP contribution in [0.1, 0.15) is 37.9 Å². The number of nitrogens with zero attached hydrogens (tertiary/aromatic N) is 1. The largest absolute Gasteiger partial charge is 0.490 e. The Morgan fingerprint density at radius 3 is 2.55 bits per heavy atom. The average molecular weight is 449 g/mol. The second-order valence-electron chi connectivity index (χ2n) is 8.18. The minimum atomic E-state index is -5.08. The third-order valence-electron chi connectivity index (χ3n) is 5.93. The molecule has 7 nitrogen and oxygen atoms in total. The lowest BCUT2D eigenvalue weighted by molar-refractivity contribution is -0.192. The molecule has 4 heterocycles. The quantitative estimate of drug-likeness (QED) is 0.712. The molecule has 0 aliphatic carbocycles. The summed E-state index contributed by atoms with van der Waals surface area (Å²) in [6, 6.07) is 4.57. The number of alkyl halides is 3. The first kappa shape index (κ1) is 24.0. The topological polar surface area (TPSA) is 81.4 Å². The number of furan rings is 1. The van der Waals surface area contributed by atoms with Crippen LogP contribution in [0.3, 0.4) is 0 Å². The van der Waals surface area contributed by atoms with Gasteiger partial charge in [-0.15, -0.1) is 0 Å². The molecule has 0 bridgehead atoms. The monoisotopic (exact) mass is 449 g/mol. The fourth-order valence-electron chi connectivity index (χ4n) is 4.29. The molecular formula is C21H30F3NO6. The van der Waals surface area contributed by atoms with E-state index in [1.807, 2.05) is 6.07 Å². The van der Waals surface area contributed by atoms with Gasteiger partial charge in [0.25, 0.3) is 0 Å². The van der Waals surface area contributed by atoms with E-state index in [4.69, 9.17) is 28.5 Å². The Morgan fingerprint density at radius 2 is 1.90 bits per heavy atom. The van der Waals surface area contributed by atoms with E-state index in [2.05, 4.69) is 11.0 Å². The Kier molecular flexibility index (Phi) is 8.76. The number of carboxylic acids is 1. The summed E-state index contributed by atoms with van der Waals surface area (Å²) in [5, 5.41) is 7.12. The van der Waals surface area contributed by atoms with Crippen LogP contribution in [-0.4, -0.2) is 73.4 Å². The number of halogens is 3. The molecule has 0 radical (unpaired) electrons. The van der Waals surface area contributed by atoms with E-state index in [-0.39, 0.29) is 6.10 Å². The molecule has 1 N–H and O–H groups in total. The Balaban J connectivity index is 0.000000339. The molecule has 31 heavy (non-hydrogen) atoms. The molecule has 0 saturated carbocycles. The van der Waals surface area contributed by atoms with Crippen molar-refractivity contribution in [2.75, 3.05) is 33.0 Å². The van der Waals surface area contributed by atoms with Gasteiger partial charge in [0, 0.05) is 32.4 Å². The molecule has 3 saturated heterocycles. The molecule has 176 valence electrons. The first-order chi connectivity index (χ1) is 14.8. The third kappa shape index (κ3) is 7.48. The summed E-state index contributed by atoms with van der Waals surface area (Å²) < 4.78 is 54.9. The van der Waals surface area contributed by atoms with E-state index in [9.17, 15) is 13.2 Å². The lowest BCUT2D eigenvalue weighted by Crippen LogP contribution is -2.43. The lowest BCUT2D eigenvalue weighted by atomic mass is 9.99. The maximum absolute atomic E-state index is 10.6. The second kappa shape index (κ2) is 11.3. The highest BCUT2D eigenvalue weighted by Crippen LogP contribution is 2.32. The minimum Gasteiger partial charge on any atom is -0.475 e. The van der Waals surface area contributed by atoms with Crippen LogP contribution in [0.4, 0.5) is 13.2 Å². The van der Waals surface area contributed by atoms with Gasteiger partial charge in [0.1, 0.15) is 5.76 Å². The first-order valence-corrected chi connectivity index (χ1v) is 10.7. The zero-order chi connectivity index (χ0) is 22.3. The number of rotatable bonds is 6. The SMILES string of the molecule is O=C(O)C(F)(F)F.c1coc(CN2CC[C@H]3O[C@@H](COCC4CCOCC4)CC[C@H]32)c1. The number of carboxylic acid groups (broad SMARTS) is 1. The highest BCUT2D eigenvalue weighted by Gasteiger charge is 2.40. The van der Waals surface area contributed by atoms with Crippen LogP contribution >= 0.6 is 0 Å². The van der Waals surface area contributed by atoms with Crippen molar-refractivity contribution in [2.45, 2.75) is 63.1 Å². The van der Waals surface area contributed by atoms with Crippen LogP contribution in [0.25, 0.3) is 0 Å². The normalized spacial score (nSPS) is 27.4. The molecule has 3 aliphatic rings. The van der Waals surface area contributed by atoms with Gasteiger partial charge in [-0.1, -0.05) is 0 Å². The van der Waals surface area contributed by atoms with Gasteiger partial charge in [-0.2, -0.15) is 13.2 Å². The van der Waals surface area contributed by atoms with Crippen LogP contribution in [0.15, 0.2) is 22.8 Å². The molecule has 1 aromatic rings. The van der Waals surface area contributed by atoms with Gasteiger partial charge >= 0.3 is 12.1 Å². The van der Waals surface area contributed by atoms with Crippen molar-refractivity contribution >= 4 is 5.97 Å². The van der Waals surface area contributed by atoms with E-state index in [1.165, 1.54) is 6.42 Å². The number of likely N-dealkylation sites (tertiary alicyclic amines) is 1. The second-order valence-corrected chi connectivity index (χ2v) is 8.18. The molecule has 1 aromatic heterocycles. The molecule has 0 unspecified atom stereocenters. The molecule has 0 spiro atoms. The highest BCUT2D eigenvalue weighted by molar-refractivity contribution is 5.73. The first-order valence-electron chi connectivity index (χ1n) is 10.7. The standard InChI is InChI=1S/C19H29NO4.C2HF3O2/c1-2-16(23-9-1)12-20-8-5-19-18(20)4-3-17(24-19)14-22-13-15-6-10-21-11-7-15;3-2(4,5)1(6)7/h1-2,9,15,17-19H,3-8,10-14H2;(H,6,7)/t17-,18-,19-;/m1./s1. The van der Waals surface area contributed by atoms with E-state index < -0.39 is 12.1 Å². The van der Waals surface area contributed by atoms with Gasteiger partial charge in [0.2, 0.25) is 0 Å². The van der Waals surface area contributed by atoms with Crippen molar-refractivity contribution < 1.29 is 41.7 Å². The summed E-state index contributed by atoms with van der Waals surface area (Å²) in [7, 11) is 0. The molecule has 3 fully saturated rings. The smallest absolute Gasteiger partial charge is 0.475 e. The number of hydrogen-bond acceptors (Lipinski definition) is 6. The van der Waals surface area contributed by atoms with Crippen LogP contribution in [-0.2, 0) is 25.5 Å². The zero-order valence-electron chi connectivity index (χ0n) is 17.4. The van der Waals surface area contributed by atoms with Crippen LogP contribution in [0.2, 0.25) is 0 Å². The van der Waals surface area contributed by atoms with Gasteiger partial charge in [-0.05, 0) is 50.2 Å². The Labute approximate surface area is 179 Å². The molecule has 0 aromatic carbocycles. The number of carbonyl (C=O) groups is 1. The zero-order valence-corrected chi connectivity index (χ0v) is 17.4. The van der Waals surface area contributed by atoms with Crippen LogP contribution in [0, 0.1) is 5.92 Å². The van der Waals surface area contributed by atoms with Gasteiger partial charge in [0.15, 0.2) is 0 Å². The fraction of sp³-hybridized carbons (Fsp3) is 0.762. The summed E-state index contributed by atoms with van der Waals surface area (Å²) in [5.41, 5.74) is 0. The average Bonchev–Trinajstić information content (AvgIpc) is 3.39. The molecule has 3 atom stereocenters. The molecular weight excluding hydrogens is 419 g/mol. The van der Waals surface area contributed by atoms with E-state index in [0.29, 0.717) is 18.1 Å². The number of hydrogen-bond donors (Lipinski definition) is 1. The lowest BCUT2D eigenvalue weighted by Gasteiger charge is -2.36. The Hall–Kier alpha value is -1.62. The summed E-state index contributed by atoms with van der Waals surface area (Å²) in [6.45, 7) is 5.40. The summed E-state index contributed by atoms with van der Waals surface area (Å²) in [4.78, 5) is 11.4. The van der Waals surface area contributed by atoms with Crippen molar-refractivity contribution in [1.29, 1.82) is 0 Å². The number of aliphatic carboxylic acids is 1. The third-order valence-corrected chi connectivity index (χ3v) is 5.93. The minimum absolute atomic E-state index is 0.273. The van der Waals surface area contributed by atoms with Gasteiger partial charge in [0.05, 0.1) is 31.6 Å². The molecule has 3 aliphatic heterocycles. The molecule has 0 amide bonds. The van der Waals surface area contributed by atoms with E-state index in [0.717, 1.165) is 71.0 Å². The van der Waals surface area contributed by atoms with Crippen molar-refractivity contribution in [2.24, 2.45) is 5.92 Å². The predicted molar refractivity (Wildman–Crippen MR) is 103 cm³/mol. The number of ether oxygens (including phenoxy) is 3. The van der Waals surface area contributed by atoms with Crippen molar-refractivity contribution in [1.82, 2.24) is 4.90 Å². The number of fused-ring (bicyclic) bond motifs is 1. The van der Waals surface area contributed by atoms with E-state index in [1.54, 1.807) is 6.26 Å². The fourth-order valence-corrected chi connectivity index (χ4v) is 4.29. The Bertz CT molecular complexity index is 663. The van der Waals surface area contributed by atoms with Gasteiger partial charge < -0.3 is 23.7 Å². The van der Waals surface area contributed by atoms with Crippen molar-refractivity contribution in [3.05, 3.63) is 24.2 Å². The highest BCUT2D eigenvalue weighted by atomic mass is 19.4. The Morgan fingerprint density at radius 1 is 1.16 bits per heavy atom. The molecule has 10 heteroatoms. The van der Waals surface area contributed by atoms with Gasteiger partial charge in [-0.25, -0.2) is 4.79 Å². The predicted octanol–water partition coefficient (Wildman–Crippen LogP) is 3.48. The van der Waals surface area contributed by atoms with E-state index >= 15 is 0 Å². The van der Waals surface area contributed by atoms with Crippen LogP contribution < -0.4 is 0 Å². The maximum Gasteiger partial charge on any atom is 0.490 e. The summed E-state index contributed by atoms with van der Waals surface area (Å²) >= 11 is 0. The van der Waals surface area contributed by atoms with Crippen molar-refractivity contribution in [3.63, 3.8) is 0 Å². The summed E-state index contributed by atoms with van der Waals surface area (Å²) in [5.74, 6) is -1.03. The maximum atomic E-state index is 10.6. The van der Waals surface area contributed by atoms with Crippen molar-refractivity contribution in [3.8, 4) is 0 Å². The van der Waals surface area contributed by atoms with Crippen LogP contribution in [0.5, 0.6) is 0 Å². The molecule has 4 rings (SSSR count). The summed E-state index contributed by atoms with van der Waals surface area (Å²) in [6.07, 6.45) is 3.02. The van der Waals surface area contributed by atoms with Gasteiger partial charge in [-0.3, -0.25) is 4.90 Å².